The molecule has 0 N–H and O–H groups in total. The van der Waals surface area contributed by atoms with Crippen molar-refractivity contribution in [3.63, 3.8) is 0 Å². The fraction of sp³-hybridized carbons (Fsp3) is 1.00. The topological polar surface area (TPSA) is 40.6 Å². The molecule has 4 nitrogen and oxygen atoms in total. The van der Waals surface area contributed by atoms with Crippen molar-refractivity contribution in [2.75, 3.05) is 38.2 Å². The summed E-state index contributed by atoms with van der Waals surface area (Å²) in [5.74, 6) is 0.291. The maximum atomic E-state index is 11.3. The molecule has 2 aliphatic rings. The van der Waals surface area contributed by atoms with Crippen molar-refractivity contribution in [1.82, 2.24) is 9.80 Å². The summed E-state index contributed by atoms with van der Waals surface area (Å²) < 4.78 is 22.5. The van der Waals surface area contributed by atoms with Crippen LogP contribution in [0.3, 0.4) is 0 Å². The van der Waals surface area contributed by atoms with Crippen LogP contribution >= 0.6 is 0 Å². The minimum absolute atomic E-state index is 0.165. The molecule has 0 aliphatic carbocycles. The van der Waals surface area contributed by atoms with Crippen molar-refractivity contribution >= 4 is 9.84 Å². The zero-order valence-electron chi connectivity index (χ0n) is 10.2. The van der Waals surface area contributed by atoms with E-state index in [1.807, 2.05) is 6.92 Å². The van der Waals surface area contributed by atoms with E-state index in [0.717, 1.165) is 19.6 Å². The first-order valence-corrected chi connectivity index (χ1v) is 8.17. The molecule has 2 unspecified atom stereocenters. The quantitative estimate of drug-likeness (QED) is 0.713. The molecule has 2 atom stereocenters. The van der Waals surface area contributed by atoms with Gasteiger partial charge in [-0.05, 0) is 26.3 Å². The van der Waals surface area contributed by atoms with Gasteiger partial charge in [-0.1, -0.05) is 0 Å². The Kier molecular flexibility index (Phi) is 3.56. The molecule has 2 heterocycles. The van der Waals surface area contributed by atoms with Gasteiger partial charge >= 0.3 is 0 Å². The summed E-state index contributed by atoms with van der Waals surface area (Å²) in [6.45, 7) is 6.45. The number of nitrogens with zero attached hydrogens (tertiary/aromatic N) is 2. The Hall–Kier alpha value is -0.130. The predicted molar refractivity (Wildman–Crippen MR) is 65.3 cm³/mol. The Morgan fingerprint density at radius 1 is 1.31 bits per heavy atom. The number of hydrogen-bond acceptors (Lipinski definition) is 4. The third-order valence-electron chi connectivity index (χ3n) is 3.79. The normalized spacial score (nSPS) is 30.2. The molecule has 5 heteroatoms. The van der Waals surface area contributed by atoms with Gasteiger partial charge in [-0.15, -0.1) is 0 Å². The average Bonchev–Trinajstić information content (AvgIpc) is 2.61. The van der Waals surface area contributed by atoms with Gasteiger partial charge in [0.2, 0.25) is 0 Å². The smallest absolute Gasteiger partial charge is 0.148 e. The highest BCUT2D eigenvalue weighted by Crippen LogP contribution is 2.22. The van der Waals surface area contributed by atoms with Crippen LogP contribution in [0, 0.1) is 0 Å². The maximum Gasteiger partial charge on any atom is 0.148 e. The van der Waals surface area contributed by atoms with Crippen LogP contribution < -0.4 is 0 Å². The molecule has 16 heavy (non-hydrogen) atoms. The molecule has 2 aliphatic heterocycles. The fourth-order valence-electron chi connectivity index (χ4n) is 2.96. The van der Waals surface area contributed by atoms with Gasteiger partial charge in [0.15, 0.2) is 0 Å². The van der Waals surface area contributed by atoms with E-state index in [1.54, 1.807) is 0 Å². The van der Waals surface area contributed by atoms with Gasteiger partial charge in [0.25, 0.3) is 0 Å². The molecular formula is C11H22N2O2S. The molecule has 2 rings (SSSR count). The van der Waals surface area contributed by atoms with E-state index in [1.165, 1.54) is 25.6 Å². The Bertz CT molecular complexity index is 342. The van der Waals surface area contributed by atoms with E-state index in [-0.39, 0.29) is 6.04 Å². The van der Waals surface area contributed by atoms with Crippen LogP contribution in [0.4, 0.5) is 0 Å². The minimum Gasteiger partial charge on any atom is -0.298 e. The number of piperazine rings is 1. The van der Waals surface area contributed by atoms with Gasteiger partial charge in [-0.3, -0.25) is 9.80 Å². The Labute approximate surface area is 98.5 Å². The van der Waals surface area contributed by atoms with E-state index in [2.05, 4.69) is 9.80 Å². The lowest BCUT2D eigenvalue weighted by molar-refractivity contribution is 0.0836. The summed E-state index contributed by atoms with van der Waals surface area (Å²) in [5, 5.41) is 0. The van der Waals surface area contributed by atoms with Crippen LogP contribution in [0.15, 0.2) is 0 Å². The van der Waals surface area contributed by atoms with E-state index in [4.69, 9.17) is 0 Å². The zero-order chi connectivity index (χ0) is 11.8. The molecule has 0 spiro atoms. The molecule has 0 amide bonds. The Morgan fingerprint density at radius 2 is 2.06 bits per heavy atom. The zero-order valence-corrected chi connectivity index (χ0v) is 11.0. The third-order valence-corrected chi connectivity index (χ3v) is 4.87. The lowest BCUT2D eigenvalue weighted by Crippen LogP contribution is -2.54. The number of hydrogen-bond donors (Lipinski definition) is 0. The largest absolute Gasteiger partial charge is 0.298 e. The SMILES string of the molecule is CC(CS(C)(=O)=O)N1CCN2CCCC2C1. The second kappa shape index (κ2) is 4.63. The van der Waals surface area contributed by atoms with E-state index in [9.17, 15) is 8.42 Å². The summed E-state index contributed by atoms with van der Waals surface area (Å²) in [5.41, 5.74) is 0. The Morgan fingerprint density at radius 3 is 2.75 bits per heavy atom. The molecule has 0 aromatic carbocycles. The van der Waals surface area contributed by atoms with Crippen molar-refractivity contribution in [2.45, 2.75) is 31.8 Å². The summed E-state index contributed by atoms with van der Waals surface area (Å²) in [4.78, 5) is 4.89. The van der Waals surface area contributed by atoms with Crippen molar-refractivity contribution in [1.29, 1.82) is 0 Å². The minimum atomic E-state index is -2.85. The van der Waals surface area contributed by atoms with E-state index in [0.29, 0.717) is 11.8 Å². The lowest BCUT2D eigenvalue weighted by Gasteiger charge is -2.40. The van der Waals surface area contributed by atoms with E-state index >= 15 is 0 Å². The van der Waals surface area contributed by atoms with Crippen molar-refractivity contribution in [3.05, 3.63) is 0 Å². The molecule has 0 saturated carbocycles. The standard InChI is InChI=1S/C11H22N2O2S/c1-10(9-16(2,14)15)13-7-6-12-5-3-4-11(12)8-13/h10-11H,3-9H2,1-2H3. The summed E-state index contributed by atoms with van der Waals surface area (Å²) in [7, 11) is -2.85. The van der Waals surface area contributed by atoms with Crippen molar-refractivity contribution in [3.8, 4) is 0 Å². The fourth-order valence-corrected chi connectivity index (χ4v) is 4.05. The Balaban J connectivity index is 1.91. The van der Waals surface area contributed by atoms with Crippen LogP contribution in [0.5, 0.6) is 0 Å². The summed E-state index contributed by atoms with van der Waals surface area (Å²) in [6.07, 6.45) is 3.91. The highest BCUT2D eigenvalue weighted by molar-refractivity contribution is 7.90. The van der Waals surface area contributed by atoms with Crippen LogP contribution in [-0.4, -0.2) is 68.5 Å². The first-order chi connectivity index (χ1) is 7.46. The van der Waals surface area contributed by atoms with Gasteiger partial charge in [-0.25, -0.2) is 8.42 Å². The molecule has 0 aromatic heterocycles. The number of fused-ring (bicyclic) bond motifs is 1. The van der Waals surface area contributed by atoms with Gasteiger partial charge in [-0.2, -0.15) is 0 Å². The van der Waals surface area contributed by atoms with Crippen molar-refractivity contribution < 1.29 is 8.42 Å². The van der Waals surface area contributed by atoms with E-state index < -0.39 is 9.84 Å². The molecule has 94 valence electrons. The van der Waals surface area contributed by atoms with Gasteiger partial charge in [0.1, 0.15) is 9.84 Å². The molecule has 2 saturated heterocycles. The monoisotopic (exact) mass is 246 g/mol. The summed E-state index contributed by atoms with van der Waals surface area (Å²) >= 11 is 0. The van der Waals surface area contributed by atoms with Gasteiger partial charge in [0, 0.05) is 38.0 Å². The molecule has 0 bridgehead atoms. The summed E-state index contributed by atoms with van der Waals surface area (Å²) in [6, 6.07) is 0.841. The van der Waals surface area contributed by atoms with Crippen LogP contribution in [0.1, 0.15) is 19.8 Å². The second-order valence-corrected chi connectivity index (χ2v) is 7.45. The van der Waals surface area contributed by atoms with Crippen molar-refractivity contribution in [2.24, 2.45) is 0 Å². The highest BCUT2D eigenvalue weighted by Gasteiger charge is 2.32. The van der Waals surface area contributed by atoms with Crippen LogP contribution in [0.25, 0.3) is 0 Å². The van der Waals surface area contributed by atoms with Crippen LogP contribution in [-0.2, 0) is 9.84 Å². The highest BCUT2D eigenvalue weighted by atomic mass is 32.2. The molecular weight excluding hydrogens is 224 g/mol. The predicted octanol–water partition coefficient (Wildman–Crippen LogP) is 0.200. The first-order valence-electron chi connectivity index (χ1n) is 6.11. The third kappa shape index (κ3) is 2.96. The maximum absolute atomic E-state index is 11.3. The van der Waals surface area contributed by atoms with Crippen LogP contribution in [0.2, 0.25) is 0 Å². The number of rotatable bonds is 3. The average molecular weight is 246 g/mol. The van der Waals surface area contributed by atoms with Gasteiger partial charge in [0.05, 0.1) is 5.75 Å². The molecule has 0 radical (unpaired) electrons. The molecule has 2 fully saturated rings. The lowest BCUT2D eigenvalue weighted by atomic mass is 10.1. The first kappa shape index (κ1) is 12.3. The number of sulfone groups is 1. The molecule has 0 aromatic rings. The second-order valence-electron chi connectivity index (χ2n) is 5.27. The van der Waals surface area contributed by atoms with Gasteiger partial charge < -0.3 is 0 Å².